The predicted octanol–water partition coefficient (Wildman–Crippen LogP) is 5.48. The first-order chi connectivity index (χ1) is 9.10. The molecule has 0 aliphatic carbocycles. The van der Waals surface area contributed by atoms with E-state index in [4.69, 9.17) is 27.9 Å². The summed E-state index contributed by atoms with van der Waals surface area (Å²) in [5.74, 6) is 0.846. The van der Waals surface area contributed by atoms with Crippen LogP contribution in [0.3, 0.4) is 0 Å². The first-order valence-electron chi connectivity index (χ1n) is 5.88. The Balaban J connectivity index is 2.22. The van der Waals surface area contributed by atoms with Crippen LogP contribution in [-0.2, 0) is 0 Å². The van der Waals surface area contributed by atoms with Crippen molar-refractivity contribution in [2.75, 3.05) is 7.11 Å². The van der Waals surface area contributed by atoms with Crippen molar-refractivity contribution in [3.8, 4) is 5.75 Å². The fourth-order valence-electron chi connectivity index (χ4n) is 1.67. The molecule has 1 nitrogen and oxygen atoms in total. The number of benzene rings is 2. The summed E-state index contributed by atoms with van der Waals surface area (Å²) in [6.45, 7) is 1.90. The molecular formula is C16H14Cl2O. The Kier molecular flexibility index (Phi) is 4.52. The molecule has 0 atom stereocenters. The SMILES string of the molecule is COc1ccc(C=Cc2cc(Cl)c(C)c(Cl)c2)cc1. The Labute approximate surface area is 123 Å². The molecule has 0 aliphatic heterocycles. The van der Waals surface area contributed by atoms with Gasteiger partial charge in [0.15, 0.2) is 0 Å². The zero-order chi connectivity index (χ0) is 13.8. The molecule has 0 spiro atoms. The second-order valence-electron chi connectivity index (χ2n) is 4.22. The fraction of sp³-hybridized carbons (Fsp3) is 0.125. The molecule has 0 radical (unpaired) electrons. The van der Waals surface area contributed by atoms with Crippen LogP contribution in [0.5, 0.6) is 5.75 Å². The van der Waals surface area contributed by atoms with Gasteiger partial charge in [-0.3, -0.25) is 0 Å². The Morgan fingerprint density at radius 2 is 1.42 bits per heavy atom. The molecule has 0 unspecified atom stereocenters. The van der Waals surface area contributed by atoms with Crippen molar-refractivity contribution in [1.82, 2.24) is 0 Å². The molecule has 0 heterocycles. The van der Waals surface area contributed by atoms with E-state index in [1.54, 1.807) is 7.11 Å². The van der Waals surface area contributed by atoms with Gasteiger partial charge in [0, 0.05) is 10.0 Å². The standard InChI is InChI=1S/C16H14Cl2O/c1-11-15(17)9-13(10-16(11)18)4-3-12-5-7-14(19-2)8-6-12/h3-10H,1-2H3. The first-order valence-corrected chi connectivity index (χ1v) is 6.63. The summed E-state index contributed by atoms with van der Waals surface area (Å²) < 4.78 is 5.12. The Bertz CT molecular complexity index is 578. The van der Waals surface area contributed by atoms with E-state index in [9.17, 15) is 0 Å². The average Bonchev–Trinajstić information content (AvgIpc) is 2.43. The summed E-state index contributed by atoms with van der Waals surface area (Å²) in [5, 5.41) is 1.36. The number of hydrogen-bond donors (Lipinski definition) is 0. The zero-order valence-electron chi connectivity index (χ0n) is 10.8. The zero-order valence-corrected chi connectivity index (χ0v) is 12.3. The second-order valence-corrected chi connectivity index (χ2v) is 5.03. The molecule has 3 heteroatoms. The molecule has 0 bridgehead atoms. The Morgan fingerprint density at radius 3 is 1.95 bits per heavy atom. The highest BCUT2D eigenvalue weighted by molar-refractivity contribution is 6.36. The van der Waals surface area contributed by atoms with Gasteiger partial charge in [0.2, 0.25) is 0 Å². The summed E-state index contributed by atoms with van der Waals surface area (Å²) in [5.41, 5.74) is 2.98. The molecule has 19 heavy (non-hydrogen) atoms. The molecule has 2 rings (SSSR count). The number of ether oxygens (including phenoxy) is 1. The van der Waals surface area contributed by atoms with Crippen LogP contribution in [0, 0.1) is 6.92 Å². The van der Waals surface area contributed by atoms with E-state index in [0.717, 1.165) is 22.4 Å². The number of halogens is 2. The number of hydrogen-bond acceptors (Lipinski definition) is 1. The maximum Gasteiger partial charge on any atom is 0.118 e. The van der Waals surface area contributed by atoms with Crippen molar-refractivity contribution in [2.24, 2.45) is 0 Å². The van der Waals surface area contributed by atoms with Crippen molar-refractivity contribution in [3.63, 3.8) is 0 Å². The van der Waals surface area contributed by atoms with Crippen molar-refractivity contribution in [1.29, 1.82) is 0 Å². The lowest BCUT2D eigenvalue weighted by atomic mass is 10.1. The summed E-state index contributed by atoms with van der Waals surface area (Å²) in [6.07, 6.45) is 4.00. The Morgan fingerprint density at radius 1 is 0.895 bits per heavy atom. The van der Waals surface area contributed by atoms with Gasteiger partial charge in [-0.05, 0) is 47.9 Å². The van der Waals surface area contributed by atoms with Crippen LogP contribution in [0.4, 0.5) is 0 Å². The van der Waals surface area contributed by atoms with E-state index in [2.05, 4.69) is 0 Å². The van der Waals surface area contributed by atoms with E-state index < -0.39 is 0 Å². The van der Waals surface area contributed by atoms with E-state index in [-0.39, 0.29) is 0 Å². The van der Waals surface area contributed by atoms with E-state index in [1.165, 1.54) is 0 Å². The van der Waals surface area contributed by atoms with Gasteiger partial charge in [-0.15, -0.1) is 0 Å². The average molecular weight is 293 g/mol. The van der Waals surface area contributed by atoms with Gasteiger partial charge in [0.25, 0.3) is 0 Å². The summed E-state index contributed by atoms with van der Waals surface area (Å²) in [7, 11) is 1.65. The van der Waals surface area contributed by atoms with E-state index in [1.807, 2.05) is 55.5 Å². The van der Waals surface area contributed by atoms with Crippen molar-refractivity contribution in [3.05, 3.63) is 63.1 Å². The lowest BCUT2D eigenvalue weighted by Gasteiger charge is -2.03. The molecule has 0 amide bonds. The number of methoxy groups -OCH3 is 1. The van der Waals surface area contributed by atoms with Gasteiger partial charge in [0.1, 0.15) is 5.75 Å². The topological polar surface area (TPSA) is 9.23 Å². The minimum absolute atomic E-state index is 0.682. The highest BCUT2D eigenvalue weighted by atomic mass is 35.5. The fourth-order valence-corrected chi connectivity index (χ4v) is 2.17. The number of rotatable bonds is 3. The van der Waals surface area contributed by atoms with Crippen LogP contribution in [0.15, 0.2) is 36.4 Å². The maximum atomic E-state index is 6.11. The molecular weight excluding hydrogens is 279 g/mol. The molecule has 0 saturated carbocycles. The quantitative estimate of drug-likeness (QED) is 0.681. The van der Waals surface area contributed by atoms with Crippen LogP contribution in [0.25, 0.3) is 12.2 Å². The molecule has 0 aromatic heterocycles. The molecule has 0 aliphatic rings. The second kappa shape index (κ2) is 6.14. The third-order valence-electron chi connectivity index (χ3n) is 2.89. The lowest BCUT2D eigenvalue weighted by molar-refractivity contribution is 0.415. The summed E-state index contributed by atoms with van der Waals surface area (Å²) in [6, 6.07) is 11.6. The van der Waals surface area contributed by atoms with Gasteiger partial charge >= 0.3 is 0 Å². The van der Waals surface area contributed by atoms with Crippen LogP contribution >= 0.6 is 23.2 Å². The largest absolute Gasteiger partial charge is 0.497 e. The van der Waals surface area contributed by atoms with E-state index >= 15 is 0 Å². The molecule has 2 aromatic carbocycles. The minimum Gasteiger partial charge on any atom is -0.497 e. The van der Waals surface area contributed by atoms with Gasteiger partial charge in [-0.1, -0.05) is 47.5 Å². The molecule has 98 valence electrons. The monoisotopic (exact) mass is 292 g/mol. The third-order valence-corrected chi connectivity index (χ3v) is 3.67. The Hall–Kier alpha value is -1.44. The maximum absolute atomic E-state index is 6.11. The molecule has 2 aromatic rings. The highest BCUT2D eigenvalue weighted by Crippen LogP contribution is 2.26. The van der Waals surface area contributed by atoms with Crippen LogP contribution in [0.2, 0.25) is 10.0 Å². The van der Waals surface area contributed by atoms with Crippen molar-refractivity contribution >= 4 is 35.4 Å². The normalized spacial score (nSPS) is 10.9. The van der Waals surface area contributed by atoms with E-state index in [0.29, 0.717) is 10.0 Å². The molecule has 0 N–H and O–H groups in total. The first kappa shape index (κ1) is 14.0. The van der Waals surface area contributed by atoms with Crippen LogP contribution < -0.4 is 4.74 Å². The summed E-state index contributed by atoms with van der Waals surface area (Å²) >= 11 is 12.2. The van der Waals surface area contributed by atoms with Gasteiger partial charge in [0.05, 0.1) is 7.11 Å². The van der Waals surface area contributed by atoms with Gasteiger partial charge < -0.3 is 4.74 Å². The lowest BCUT2D eigenvalue weighted by Crippen LogP contribution is -1.82. The van der Waals surface area contributed by atoms with Crippen LogP contribution in [0.1, 0.15) is 16.7 Å². The van der Waals surface area contributed by atoms with Crippen molar-refractivity contribution in [2.45, 2.75) is 6.92 Å². The highest BCUT2D eigenvalue weighted by Gasteiger charge is 2.01. The molecule has 0 saturated heterocycles. The van der Waals surface area contributed by atoms with Gasteiger partial charge in [-0.2, -0.15) is 0 Å². The third kappa shape index (κ3) is 3.52. The smallest absolute Gasteiger partial charge is 0.118 e. The predicted molar refractivity (Wildman–Crippen MR) is 83.1 cm³/mol. The molecule has 0 fully saturated rings. The van der Waals surface area contributed by atoms with Crippen molar-refractivity contribution < 1.29 is 4.74 Å². The van der Waals surface area contributed by atoms with Crippen LogP contribution in [-0.4, -0.2) is 7.11 Å². The summed E-state index contributed by atoms with van der Waals surface area (Å²) in [4.78, 5) is 0. The minimum atomic E-state index is 0.682. The van der Waals surface area contributed by atoms with Gasteiger partial charge in [-0.25, -0.2) is 0 Å².